The molecule has 6 atom stereocenters. The van der Waals surface area contributed by atoms with Crippen LogP contribution >= 0.6 is 0 Å². The highest BCUT2D eigenvalue weighted by atomic mass is 19.1. The van der Waals surface area contributed by atoms with Crippen molar-refractivity contribution in [2.75, 3.05) is 27.3 Å². The minimum Gasteiger partial charge on any atom is -0.497 e. The van der Waals surface area contributed by atoms with Crippen LogP contribution in [0, 0.1) is 17.6 Å². The number of rotatable bonds is 8. The Morgan fingerprint density at radius 1 is 1.16 bits per heavy atom. The number of fused-ring (bicyclic) bond motifs is 5. The van der Waals surface area contributed by atoms with Gasteiger partial charge < -0.3 is 30.1 Å². The van der Waals surface area contributed by atoms with Crippen LogP contribution in [-0.2, 0) is 20.7 Å². The van der Waals surface area contributed by atoms with Crippen LogP contribution in [-0.4, -0.2) is 67.3 Å². The van der Waals surface area contributed by atoms with Gasteiger partial charge in [-0.1, -0.05) is 44.9 Å². The molecule has 0 aromatic heterocycles. The average Bonchev–Trinajstić information content (AvgIpc) is 3.34. The van der Waals surface area contributed by atoms with Gasteiger partial charge in [-0.3, -0.25) is 9.59 Å². The Morgan fingerprint density at radius 3 is 2.61 bits per heavy atom. The average molecular weight is 614 g/mol. The molecule has 0 fully saturated rings. The van der Waals surface area contributed by atoms with Gasteiger partial charge in [0, 0.05) is 31.6 Å². The first-order valence-electron chi connectivity index (χ1n) is 15.5. The quantitative estimate of drug-likeness (QED) is 0.371. The first-order chi connectivity index (χ1) is 21.1. The zero-order valence-electron chi connectivity index (χ0n) is 26.0. The lowest BCUT2D eigenvalue weighted by atomic mass is 9.98. The summed E-state index contributed by atoms with van der Waals surface area (Å²) in [5.74, 6) is -1.64. The molecule has 1 unspecified atom stereocenters. The Balaban J connectivity index is 1.64. The lowest BCUT2D eigenvalue weighted by Gasteiger charge is -2.32. The third-order valence-electron chi connectivity index (χ3n) is 8.66. The molecule has 4 rings (SSSR count). The lowest BCUT2D eigenvalue weighted by molar-refractivity contribution is -0.142. The monoisotopic (exact) mass is 613 g/mol. The number of nitrogens with one attached hydrogen (secondary N) is 2. The molecule has 10 heteroatoms. The van der Waals surface area contributed by atoms with Crippen LogP contribution in [0.5, 0.6) is 5.75 Å². The number of nitrogens with zero attached hydrogens (tertiary/aromatic N) is 1. The van der Waals surface area contributed by atoms with Gasteiger partial charge in [0.25, 0.3) is 0 Å². The second-order valence-electron chi connectivity index (χ2n) is 11.9. The van der Waals surface area contributed by atoms with E-state index in [0.29, 0.717) is 30.8 Å². The third-order valence-corrected chi connectivity index (χ3v) is 8.66. The summed E-state index contributed by atoms with van der Waals surface area (Å²) in [5.41, 5.74) is 2.33. The van der Waals surface area contributed by atoms with Gasteiger partial charge in [0.2, 0.25) is 11.8 Å². The standard InChI is InChI=1S/C34H45F2N3O5/c1-5-6-9-21(2)34(42)39(3)30-10-7-8-13-44-32-19-28(27-18-25(43-4)11-12-26(27)32)37-20-31(40)29(38-33(30)41)16-22-14-23(35)17-24(36)15-22/h7-8,11-12,14-15,17-18,21,28-32,37,40H,5-6,9-10,13,16,19-20H2,1-4H3,(H,38,41)/b8-7-/t21?,28-,29-,30-,31+,32+/m0/s1. The molecular formula is C34H45F2N3O5. The molecule has 8 nitrogen and oxygen atoms in total. The molecule has 0 saturated heterocycles. The van der Waals surface area contributed by atoms with E-state index >= 15 is 0 Å². The summed E-state index contributed by atoms with van der Waals surface area (Å²) in [5, 5.41) is 17.8. The number of carbonyl (C=O) groups excluding carboxylic acids is 2. The summed E-state index contributed by atoms with van der Waals surface area (Å²) in [6.07, 6.45) is 5.79. The highest BCUT2D eigenvalue weighted by Gasteiger charge is 2.35. The molecule has 44 heavy (non-hydrogen) atoms. The number of benzene rings is 2. The summed E-state index contributed by atoms with van der Waals surface area (Å²) in [6.45, 7) is 4.33. The fraction of sp³-hybridized carbons (Fsp3) is 0.529. The number of likely N-dealkylation sites (N-methyl/N-ethyl adjacent to an activating group) is 1. The van der Waals surface area contributed by atoms with Crippen molar-refractivity contribution in [2.24, 2.45) is 5.92 Å². The number of amides is 2. The largest absolute Gasteiger partial charge is 0.497 e. The van der Waals surface area contributed by atoms with Crippen molar-refractivity contribution in [1.29, 1.82) is 0 Å². The summed E-state index contributed by atoms with van der Waals surface area (Å²) in [4.78, 5) is 28.6. The van der Waals surface area contributed by atoms with Crippen molar-refractivity contribution >= 4 is 11.8 Å². The second kappa shape index (κ2) is 15.6. The number of aliphatic hydroxyl groups is 1. The molecular weight excluding hydrogens is 568 g/mol. The van der Waals surface area contributed by atoms with Crippen LogP contribution in [0.3, 0.4) is 0 Å². The van der Waals surface area contributed by atoms with Gasteiger partial charge in [-0.15, -0.1) is 0 Å². The number of carbonyl (C=O) groups is 2. The van der Waals surface area contributed by atoms with Crippen LogP contribution in [0.25, 0.3) is 0 Å². The molecule has 1 heterocycles. The van der Waals surface area contributed by atoms with Gasteiger partial charge in [0.1, 0.15) is 23.4 Å². The zero-order chi connectivity index (χ0) is 31.8. The van der Waals surface area contributed by atoms with Crippen molar-refractivity contribution in [2.45, 2.75) is 82.7 Å². The normalized spacial score (nSPS) is 25.6. The first-order valence-corrected chi connectivity index (χ1v) is 15.5. The molecule has 3 N–H and O–H groups in total. The third kappa shape index (κ3) is 8.43. The van der Waals surface area contributed by atoms with E-state index < -0.39 is 35.7 Å². The maximum absolute atomic E-state index is 14.1. The first kappa shape index (κ1) is 33.6. The SMILES string of the molecule is CCCCC(C)C(=O)N(C)[C@H]1C/C=C\CO[C@@H]2C[C@H](NC[C@@H](O)[C@H](Cc3cc(F)cc(F)c3)NC1=O)c1cc(OC)ccc12. The molecule has 2 aliphatic rings. The molecule has 2 amide bonds. The minimum absolute atomic E-state index is 0.0167. The number of unbranched alkanes of at least 4 members (excludes halogenated alkanes) is 1. The van der Waals surface area contributed by atoms with E-state index in [1.165, 1.54) is 17.0 Å². The van der Waals surface area contributed by atoms with Gasteiger partial charge in [0.05, 0.1) is 32.0 Å². The van der Waals surface area contributed by atoms with E-state index in [0.717, 1.165) is 30.0 Å². The van der Waals surface area contributed by atoms with Crippen LogP contribution in [0.15, 0.2) is 48.6 Å². The van der Waals surface area contributed by atoms with Crippen molar-refractivity contribution in [3.63, 3.8) is 0 Å². The topological polar surface area (TPSA) is 100 Å². The molecule has 2 bridgehead atoms. The number of methoxy groups -OCH3 is 1. The van der Waals surface area contributed by atoms with Crippen LogP contribution in [0.4, 0.5) is 8.78 Å². The Hall–Kier alpha value is -3.34. The predicted octanol–water partition coefficient (Wildman–Crippen LogP) is 4.77. The van der Waals surface area contributed by atoms with Gasteiger partial charge in [0.15, 0.2) is 0 Å². The van der Waals surface area contributed by atoms with E-state index in [-0.39, 0.29) is 43.4 Å². The van der Waals surface area contributed by atoms with E-state index in [1.807, 2.05) is 37.3 Å². The maximum atomic E-state index is 14.1. The van der Waals surface area contributed by atoms with Gasteiger partial charge in [-0.2, -0.15) is 0 Å². The van der Waals surface area contributed by atoms with Crippen molar-refractivity contribution in [3.05, 3.63) is 76.9 Å². The van der Waals surface area contributed by atoms with E-state index in [9.17, 15) is 23.5 Å². The zero-order valence-corrected chi connectivity index (χ0v) is 26.0. The van der Waals surface area contributed by atoms with Crippen molar-refractivity contribution in [3.8, 4) is 5.75 Å². The fourth-order valence-electron chi connectivity index (χ4n) is 6.09. The summed E-state index contributed by atoms with van der Waals surface area (Å²) < 4.78 is 39.8. The van der Waals surface area contributed by atoms with E-state index in [2.05, 4.69) is 17.6 Å². The van der Waals surface area contributed by atoms with Crippen LogP contribution < -0.4 is 15.4 Å². The minimum atomic E-state index is -1.12. The highest BCUT2D eigenvalue weighted by molar-refractivity contribution is 5.88. The van der Waals surface area contributed by atoms with Crippen LogP contribution in [0.2, 0.25) is 0 Å². The molecule has 0 spiro atoms. The molecule has 2 aromatic carbocycles. The highest BCUT2D eigenvalue weighted by Crippen LogP contribution is 2.42. The number of β-amino-alcohol motifs (C(OH)–C–C–N with tert-alkyl or cyclic N) is 1. The Labute approximate surface area is 258 Å². The Kier molecular flexibility index (Phi) is 11.9. The molecule has 1 aliphatic carbocycles. The smallest absolute Gasteiger partial charge is 0.243 e. The number of hydrogen-bond acceptors (Lipinski definition) is 6. The van der Waals surface area contributed by atoms with Gasteiger partial charge in [-0.25, -0.2) is 8.78 Å². The lowest BCUT2D eigenvalue weighted by Crippen LogP contribution is -2.55. The molecule has 2 aromatic rings. The maximum Gasteiger partial charge on any atom is 0.243 e. The summed E-state index contributed by atoms with van der Waals surface area (Å²) in [6, 6.07) is 7.09. The molecule has 1 aliphatic heterocycles. The molecule has 240 valence electrons. The number of hydrogen-bond donors (Lipinski definition) is 3. The summed E-state index contributed by atoms with van der Waals surface area (Å²) >= 11 is 0. The number of halogens is 2. The van der Waals surface area contributed by atoms with Crippen molar-refractivity contribution < 1.29 is 33.0 Å². The Morgan fingerprint density at radius 2 is 1.91 bits per heavy atom. The van der Waals surface area contributed by atoms with Gasteiger partial charge >= 0.3 is 0 Å². The predicted molar refractivity (Wildman–Crippen MR) is 164 cm³/mol. The Bertz CT molecular complexity index is 1300. The molecule has 0 saturated carbocycles. The fourth-order valence-corrected chi connectivity index (χ4v) is 6.09. The van der Waals surface area contributed by atoms with E-state index in [4.69, 9.17) is 9.47 Å². The van der Waals surface area contributed by atoms with Crippen LogP contribution in [0.1, 0.15) is 74.8 Å². The summed E-state index contributed by atoms with van der Waals surface area (Å²) in [7, 11) is 3.22. The number of ether oxygens (including phenoxy) is 2. The van der Waals surface area contributed by atoms with E-state index in [1.54, 1.807) is 14.2 Å². The molecule has 0 radical (unpaired) electrons. The van der Waals surface area contributed by atoms with Crippen molar-refractivity contribution in [1.82, 2.24) is 15.5 Å². The second-order valence-corrected chi connectivity index (χ2v) is 11.9. The number of aliphatic hydroxyl groups excluding tert-OH is 1. The van der Waals surface area contributed by atoms with Gasteiger partial charge in [-0.05, 0) is 66.6 Å².